The Bertz CT molecular complexity index is 1190. The Kier molecular flexibility index (Phi) is 6.80. The van der Waals surface area contributed by atoms with Crippen molar-refractivity contribution >= 4 is 28.7 Å². The predicted octanol–water partition coefficient (Wildman–Crippen LogP) is 7.11. The van der Waals surface area contributed by atoms with E-state index in [0.29, 0.717) is 0 Å². The van der Waals surface area contributed by atoms with Gasteiger partial charge in [-0.3, -0.25) is 0 Å². The van der Waals surface area contributed by atoms with Crippen molar-refractivity contribution in [1.82, 2.24) is 0 Å². The number of hydrogen-bond acceptors (Lipinski definition) is 0. The lowest BCUT2D eigenvalue weighted by Gasteiger charge is -2.27. The molecule has 0 saturated carbocycles. The second-order valence-corrected chi connectivity index (χ2v) is 11.9. The standard InChI is InChI=1S/C33H28P/c1-6-16-28(17-7-1)33(29-18-8-2-9-19-29)26-27-34(30-20-10-3-11-21-30,31-22-12-4-13-23-31)32-24-14-5-15-25-32/h1-26H,27H2/q+1. The lowest BCUT2D eigenvalue weighted by molar-refractivity contribution is 1.52. The molecule has 34 heavy (non-hydrogen) atoms. The molecular formula is C33H28P+. The van der Waals surface area contributed by atoms with Gasteiger partial charge in [0.1, 0.15) is 23.2 Å². The number of rotatable bonds is 7. The fourth-order valence-electron chi connectivity index (χ4n) is 4.68. The lowest BCUT2D eigenvalue weighted by Crippen LogP contribution is -2.33. The molecule has 5 aromatic carbocycles. The number of benzene rings is 5. The van der Waals surface area contributed by atoms with Gasteiger partial charge in [0.2, 0.25) is 0 Å². The Morgan fingerprint density at radius 3 is 1.03 bits per heavy atom. The van der Waals surface area contributed by atoms with Gasteiger partial charge in [-0.2, -0.15) is 0 Å². The smallest absolute Gasteiger partial charge is 0.0622 e. The van der Waals surface area contributed by atoms with E-state index in [4.69, 9.17) is 0 Å². The van der Waals surface area contributed by atoms with Gasteiger partial charge in [-0.15, -0.1) is 0 Å². The molecule has 0 aromatic heterocycles. The summed E-state index contributed by atoms with van der Waals surface area (Å²) in [5, 5.41) is 4.22. The third kappa shape index (κ3) is 4.51. The maximum atomic E-state index is 2.48. The molecule has 0 heterocycles. The first-order chi connectivity index (χ1) is 16.9. The van der Waals surface area contributed by atoms with Gasteiger partial charge >= 0.3 is 0 Å². The normalized spacial score (nSPS) is 11.1. The summed E-state index contributed by atoms with van der Waals surface area (Å²) in [4.78, 5) is 0. The molecule has 0 aliphatic rings. The number of hydrogen-bond donors (Lipinski definition) is 0. The molecule has 0 radical (unpaired) electrons. The highest BCUT2D eigenvalue weighted by Gasteiger charge is 2.44. The molecule has 0 nitrogen and oxygen atoms in total. The summed E-state index contributed by atoms with van der Waals surface area (Å²) in [6.45, 7) is 0. The molecule has 5 rings (SSSR count). The van der Waals surface area contributed by atoms with E-state index in [1.807, 2.05) is 0 Å². The fraction of sp³-hybridized carbons (Fsp3) is 0.0303. The second kappa shape index (κ2) is 10.5. The molecule has 0 fully saturated rings. The Labute approximate surface area is 203 Å². The first-order valence-corrected chi connectivity index (χ1v) is 13.7. The van der Waals surface area contributed by atoms with Crippen molar-refractivity contribution in [2.45, 2.75) is 0 Å². The third-order valence-electron chi connectivity index (χ3n) is 6.33. The molecule has 0 bridgehead atoms. The van der Waals surface area contributed by atoms with Crippen molar-refractivity contribution in [3.05, 3.63) is 169 Å². The van der Waals surface area contributed by atoms with Crippen LogP contribution in [0.5, 0.6) is 0 Å². The molecule has 0 aliphatic heterocycles. The zero-order valence-corrected chi connectivity index (χ0v) is 20.1. The minimum atomic E-state index is -1.92. The fourth-order valence-corrected chi connectivity index (χ4v) is 8.70. The van der Waals surface area contributed by atoms with E-state index in [9.17, 15) is 0 Å². The van der Waals surface area contributed by atoms with E-state index in [1.165, 1.54) is 32.6 Å². The lowest BCUT2D eigenvalue weighted by atomic mass is 9.98. The van der Waals surface area contributed by atoms with Crippen molar-refractivity contribution in [1.29, 1.82) is 0 Å². The quantitative estimate of drug-likeness (QED) is 0.229. The predicted molar refractivity (Wildman–Crippen MR) is 150 cm³/mol. The summed E-state index contributed by atoms with van der Waals surface area (Å²) < 4.78 is 0. The van der Waals surface area contributed by atoms with Crippen LogP contribution in [-0.2, 0) is 0 Å². The summed E-state index contributed by atoms with van der Waals surface area (Å²) in [5.41, 5.74) is 3.79. The SMILES string of the molecule is C(C[P+](c1ccccc1)(c1ccccc1)c1ccccc1)=C(c1ccccc1)c1ccccc1. The van der Waals surface area contributed by atoms with Gasteiger partial charge in [0, 0.05) is 0 Å². The van der Waals surface area contributed by atoms with Gasteiger partial charge in [-0.25, -0.2) is 0 Å². The highest BCUT2D eigenvalue weighted by Crippen LogP contribution is 2.55. The average Bonchev–Trinajstić information content (AvgIpc) is 2.94. The van der Waals surface area contributed by atoms with E-state index in [0.717, 1.165) is 6.16 Å². The van der Waals surface area contributed by atoms with Gasteiger partial charge in [0.05, 0.1) is 6.16 Å². The number of allylic oxidation sites excluding steroid dienone is 1. The van der Waals surface area contributed by atoms with Crippen molar-refractivity contribution in [2.24, 2.45) is 0 Å². The van der Waals surface area contributed by atoms with Crippen LogP contribution in [0.25, 0.3) is 5.57 Å². The molecule has 0 atom stereocenters. The zero-order chi connectivity index (χ0) is 23.1. The average molecular weight is 456 g/mol. The molecular weight excluding hydrogens is 427 g/mol. The Balaban J connectivity index is 1.75. The molecule has 0 N–H and O–H groups in total. The minimum absolute atomic E-state index is 0.949. The monoisotopic (exact) mass is 455 g/mol. The van der Waals surface area contributed by atoms with E-state index in [2.05, 4.69) is 158 Å². The van der Waals surface area contributed by atoms with Gasteiger partial charge in [-0.05, 0) is 59.2 Å². The van der Waals surface area contributed by atoms with E-state index >= 15 is 0 Å². The molecule has 0 unspecified atom stereocenters. The summed E-state index contributed by atoms with van der Waals surface area (Å²) >= 11 is 0. The Hall–Kier alpha value is -3.73. The van der Waals surface area contributed by atoms with Crippen LogP contribution in [0, 0.1) is 0 Å². The van der Waals surface area contributed by atoms with Crippen LogP contribution in [0.3, 0.4) is 0 Å². The first kappa shape index (κ1) is 22.1. The summed E-state index contributed by atoms with van der Waals surface area (Å²) in [6, 6.07) is 54.8. The molecule has 5 aromatic rings. The molecule has 0 aliphatic carbocycles. The van der Waals surface area contributed by atoms with Crippen LogP contribution in [0.2, 0.25) is 0 Å². The van der Waals surface area contributed by atoms with Gasteiger partial charge in [0.25, 0.3) is 0 Å². The first-order valence-electron chi connectivity index (χ1n) is 11.7. The molecule has 0 amide bonds. The highest BCUT2D eigenvalue weighted by atomic mass is 31.2. The largest absolute Gasteiger partial charge is 0.116 e. The van der Waals surface area contributed by atoms with E-state index in [-0.39, 0.29) is 0 Å². The Morgan fingerprint density at radius 2 is 0.706 bits per heavy atom. The van der Waals surface area contributed by atoms with E-state index in [1.54, 1.807) is 0 Å². The van der Waals surface area contributed by atoms with Crippen LogP contribution in [0.1, 0.15) is 11.1 Å². The van der Waals surface area contributed by atoms with Crippen LogP contribution >= 0.6 is 7.26 Å². The molecule has 0 saturated heterocycles. The summed E-state index contributed by atoms with van der Waals surface area (Å²) in [6.07, 6.45) is 3.43. The van der Waals surface area contributed by atoms with Gasteiger partial charge in [0.15, 0.2) is 0 Å². The van der Waals surface area contributed by atoms with Crippen LogP contribution in [0.15, 0.2) is 158 Å². The van der Waals surface area contributed by atoms with Crippen molar-refractivity contribution in [2.75, 3.05) is 6.16 Å². The maximum Gasteiger partial charge on any atom is 0.116 e. The van der Waals surface area contributed by atoms with Crippen LogP contribution in [0.4, 0.5) is 0 Å². The zero-order valence-electron chi connectivity index (χ0n) is 19.2. The topological polar surface area (TPSA) is 0 Å². The van der Waals surface area contributed by atoms with Crippen LogP contribution < -0.4 is 15.9 Å². The van der Waals surface area contributed by atoms with Gasteiger partial charge < -0.3 is 0 Å². The van der Waals surface area contributed by atoms with Crippen molar-refractivity contribution in [3.63, 3.8) is 0 Å². The van der Waals surface area contributed by atoms with Crippen molar-refractivity contribution in [3.8, 4) is 0 Å². The third-order valence-corrected chi connectivity index (χ3v) is 10.6. The minimum Gasteiger partial charge on any atom is -0.0622 e. The summed E-state index contributed by atoms with van der Waals surface area (Å²) in [7, 11) is -1.92. The molecule has 0 spiro atoms. The Morgan fingerprint density at radius 1 is 0.412 bits per heavy atom. The maximum absolute atomic E-state index is 2.48. The van der Waals surface area contributed by atoms with Crippen molar-refractivity contribution < 1.29 is 0 Å². The second-order valence-electron chi connectivity index (χ2n) is 8.35. The molecule has 1 heteroatoms. The highest BCUT2D eigenvalue weighted by molar-refractivity contribution is 7.95. The van der Waals surface area contributed by atoms with Crippen LogP contribution in [-0.4, -0.2) is 6.16 Å². The van der Waals surface area contributed by atoms with Gasteiger partial charge in [-0.1, -0.05) is 115 Å². The summed E-state index contributed by atoms with van der Waals surface area (Å²) in [5.74, 6) is 0. The van der Waals surface area contributed by atoms with E-state index < -0.39 is 7.26 Å². The molecule has 164 valence electrons.